The van der Waals surface area contributed by atoms with Crippen molar-refractivity contribution in [1.29, 1.82) is 0 Å². The fraction of sp³-hybridized carbons (Fsp3) is 0.571. The Labute approximate surface area is 123 Å². The van der Waals surface area contributed by atoms with Crippen molar-refractivity contribution in [3.63, 3.8) is 0 Å². The number of anilines is 2. The zero-order chi connectivity index (χ0) is 14.2. The van der Waals surface area contributed by atoms with Crippen molar-refractivity contribution < 1.29 is 0 Å². The number of nitrogens with two attached hydrogens (primary N) is 1. The highest BCUT2D eigenvalue weighted by Gasteiger charge is 2.32. The number of imidazole rings is 1. The van der Waals surface area contributed by atoms with Crippen molar-refractivity contribution in [2.45, 2.75) is 37.8 Å². The minimum atomic E-state index is 0.463. The molecule has 4 N–H and O–H groups in total. The quantitative estimate of drug-likeness (QED) is 0.578. The third-order valence-corrected chi connectivity index (χ3v) is 4.68. The minimum Gasteiger partial charge on any atom is -0.364 e. The lowest BCUT2D eigenvalue weighted by atomic mass is 9.97. The lowest BCUT2D eigenvalue weighted by molar-refractivity contribution is 0.188. The molecule has 0 saturated carbocycles. The van der Waals surface area contributed by atoms with Crippen LogP contribution < -0.4 is 16.6 Å². The van der Waals surface area contributed by atoms with Gasteiger partial charge in [0.05, 0.1) is 6.20 Å². The number of aromatic nitrogens is 3. The summed E-state index contributed by atoms with van der Waals surface area (Å²) in [6.07, 6.45) is 10.5. The molecule has 2 aromatic heterocycles. The molecule has 2 atom stereocenters. The van der Waals surface area contributed by atoms with Crippen LogP contribution in [0.1, 0.15) is 25.7 Å². The molecule has 7 nitrogen and oxygen atoms in total. The van der Waals surface area contributed by atoms with Crippen molar-refractivity contribution in [2.75, 3.05) is 23.8 Å². The molecule has 112 valence electrons. The van der Waals surface area contributed by atoms with E-state index in [0.29, 0.717) is 11.9 Å². The minimum absolute atomic E-state index is 0.463. The van der Waals surface area contributed by atoms with Crippen LogP contribution in [-0.4, -0.2) is 44.4 Å². The number of nitrogens with zero attached hydrogens (tertiary/aromatic N) is 4. The zero-order valence-electron chi connectivity index (χ0n) is 12.0. The molecule has 2 aliphatic rings. The number of hydrazine groups is 1. The Morgan fingerprint density at radius 3 is 3.14 bits per heavy atom. The third-order valence-electron chi connectivity index (χ3n) is 4.68. The van der Waals surface area contributed by atoms with Gasteiger partial charge in [0.1, 0.15) is 0 Å². The summed E-state index contributed by atoms with van der Waals surface area (Å²) in [4.78, 5) is 11.5. The number of hydrogen-bond acceptors (Lipinski definition) is 6. The summed E-state index contributed by atoms with van der Waals surface area (Å²) in [5, 5.41) is 3.58. The topological polar surface area (TPSA) is 83.5 Å². The van der Waals surface area contributed by atoms with E-state index in [4.69, 9.17) is 5.84 Å². The lowest BCUT2D eigenvalue weighted by Crippen LogP contribution is -2.42. The van der Waals surface area contributed by atoms with Crippen molar-refractivity contribution in [2.24, 2.45) is 5.84 Å². The van der Waals surface area contributed by atoms with E-state index in [9.17, 15) is 0 Å². The summed E-state index contributed by atoms with van der Waals surface area (Å²) in [7, 11) is 0. The van der Waals surface area contributed by atoms with Crippen LogP contribution in [0.15, 0.2) is 18.6 Å². The van der Waals surface area contributed by atoms with Gasteiger partial charge < -0.3 is 20.0 Å². The molecule has 4 rings (SSSR count). The summed E-state index contributed by atoms with van der Waals surface area (Å²) in [6.45, 7) is 2.45. The first kappa shape index (κ1) is 12.8. The highest BCUT2D eigenvalue weighted by Crippen LogP contribution is 2.29. The molecule has 0 aliphatic carbocycles. The van der Waals surface area contributed by atoms with E-state index in [1.807, 2.05) is 16.8 Å². The third kappa shape index (κ3) is 2.32. The van der Waals surface area contributed by atoms with Crippen LogP contribution >= 0.6 is 0 Å². The van der Waals surface area contributed by atoms with Crippen LogP contribution in [0.25, 0.3) is 5.65 Å². The molecule has 2 aromatic rings. The number of fused-ring (bicyclic) bond motifs is 2. The molecule has 4 heterocycles. The standard InChI is InChI=1S/C14H21N7/c15-19-12-9-21-7-4-16-14(21)13(18-12)17-10-3-6-20-5-1-2-11(20)8-10/h4,7,9-11,19H,1-3,5-6,8,15H2,(H,17,18). The molecular weight excluding hydrogens is 266 g/mol. The summed E-state index contributed by atoms with van der Waals surface area (Å²) in [5.74, 6) is 6.95. The van der Waals surface area contributed by atoms with E-state index in [1.165, 1.54) is 32.4 Å². The van der Waals surface area contributed by atoms with Crippen LogP contribution in [0.4, 0.5) is 11.6 Å². The number of piperidine rings is 1. The van der Waals surface area contributed by atoms with E-state index in [1.54, 1.807) is 6.20 Å². The normalized spacial score (nSPS) is 26.0. The van der Waals surface area contributed by atoms with E-state index in [-0.39, 0.29) is 0 Å². The fourth-order valence-electron chi connectivity index (χ4n) is 3.65. The molecule has 7 heteroatoms. The van der Waals surface area contributed by atoms with Gasteiger partial charge in [-0.05, 0) is 32.2 Å². The van der Waals surface area contributed by atoms with Gasteiger partial charge in [0, 0.05) is 31.0 Å². The van der Waals surface area contributed by atoms with E-state index < -0.39 is 0 Å². The second-order valence-corrected chi connectivity index (χ2v) is 5.97. The Morgan fingerprint density at radius 2 is 2.24 bits per heavy atom. The summed E-state index contributed by atoms with van der Waals surface area (Å²) in [5.41, 5.74) is 3.47. The smallest absolute Gasteiger partial charge is 0.180 e. The molecule has 2 aliphatic heterocycles. The predicted octanol–water partition coefficient (Wildman–Crippen LogP) is 1.05. The van der Waals surface area contributed by atoms with Gasteiger partial charge >= 0.3 is 0 Å². The van der Waals surface area contributed by atoms with Crippen LogP contribution in [-0.2, 0) is 0 Å². The van der Waals surface area contributed by atoms with Gasteiger partial charge in [-0.1, -0.05) is 0 Å². The average molecular weight is 287 g/mol. The predicted molar refractivity (Wildman–Crippen MR) is 82.0 cm³/mol. The van der Waals surface area contributed by atoms with Crippen LogP contribution in [0.2, 0.25) is 0 Å². The number of nitrogens with one attached hydrogen (secondary N) is 2. The highest BCUT2D eigenvalue weighted by molar-refractivity contribution is 5.65. The summed E-state index contributed by atoms with van der Waals surface area (Å²) < 4.78 is 1.94. The van der Waals surface area contributed by atoms with E-state index in [2.05, 4.69) is 25.6 Å². The number of hydrogen-bond donors (Lipinski definition) is 3. The van der Waals surface area contributed by atoms with Crippen molar-refractivity contribution in [3.05, 3.63) is 18.6 Å². The fourth-order valence-corrected chi connectivity index (χ4v) is 3.65. The van der Waals surface area contributed by atoms with Gasteiger partial charge in [-0.25, -0.2) is 15.8 Å². The molecular formula is C14H21N7. The summed E-state index contributed by atoms with van der Waals surface area (Å²) >= 11 is 0. The molecule has 2 fully saturated rings. The molecule has 2 unspecified atom stereocenters. The van der Waals surface area contributed by atoms with Crippen LogP contribution in [0.3, 0.4) is 0 Å². The highest BCUT2D eigenvalue weighted by atomic mass is 15.3. The maximum absolute atomic E-state index is 5.50. The maximum Gasteiger partial charge on any atom is 0.180 e. The van der Waals surface area contributed by atoms with Crippen LogP contribution in [0, 0.1) is 0 Å². The van der Waals surface area contributed by atoms with E-state index in [0.717, 1.165) is 23.9 Å². The first-order valence-corrected chi connectivity index (χ1v) is 7.64. The second kappa shape index (κ2) is 5.16. The Balaban J connectivity index is 1.57. The van der Waals surface area contributed by atoms with Gasteiger partial charge in [0.25, 0.3) is 0 Å². The number of nitrogen functional groups attached to an aromatic ring is 1. The van der Waals surface area contributed by atoms with Crippen molar-refractivity contribution in [1.82, 2.24) is 19.3 Å². The van der Waals surface area contributed by atoms with Crippen LogP contribution in [0.5, 0.6) is 0 Å². The zero-order valence-corrected chi connectivity index (χ0v) is 12.0. The second-order valence-electron chi connectivity index (χ2n) is 5.97. The molecule has 0 radical (unpaired) electrons. The molecule has 0 amide bonds. The van der Waals surface area contributed by atoms with Gasteiger partial charge in [0.15, 0.2) is 17.3 Å². The lowest BCUT2D eigenvalue weighted by Gasteiger charge is -2.35. The Hall–Kier alpha value is -1.86. The Kier molecular flexibility index (Phi) is 3.16. The van der Waals surface area contributed by atoms with E-state index >= 15 is 0 Å². The SMILES string of the molecule is NNc1cn2ccnc2c(NC2CCN3CCCC3C2)n1. The first-order valence-electron chi connectivity index (χ1n) is 7.64. The first-order chi connectivity index (χ1) is 10.3. The maximum atomic E-state index is 5.50. The molecule has 0 bridgehead atoms. The van der Waals surface area contributed by atoms with Crippen molar-refractivity contribution >= 4 is 17.3 Å². The monoisotopic (exact) mass is 287 g/mol. The molecule has 2 saturated heterocycles. The molecule has 0 aromatic carbocycles. The summed E-state index contributed by atoms with van der Waals surface area (Å²) in [6, 6.07) is 1.20. The van der Waals surface area contributed by atoms with Gasteiger partial charge in [-0.3, -0.25) is 0 Å². The molecule has 21 heavy (non-hydrogen) atoms. The Bertz CT molecular complexity index is 637. The number of rotatable bonds is 3. The Morgan fingerprint density at radius 1 is 1.29 bits per heavy atom. The van der Waals surface area contributed by atoms with Gasteiger partial charge in [-0.2, -0.15) is 0 Å². The molecule has 0 spiro atoms. The largest absolute Gasteiger partial charge is 0.364 e. The average Bonchev–Trinajstić information content (AvgIpc) is 3.14. The van der Waals surface area contributed by atoms with Gasteiger partial charge in [0.2, 0.25) is 0 Å². The van der Waals surface area contributed by atoms with Gasteiger partial charge in [-0.15, -0.1) is 0 Å². The van der Waals surface area contributed by atoms with Crippen molar-refractivity contribution in [3.8, 4) is 0 Å².